The molecule has 3 aromatic carbocycles. The van der Waals surface area contributed by atoms with Crippen LogP contribution >= 0.6 is 0 Å². The number of ketones is 2. The summed E-state index contributed by atoms with van der Waals surface area (Å²) in [6.07, 6.45) is 4.55. The van der Waals surface area contributed by atoms with Crippen LogP contribution in [0.25, 0.3) is 10.9 Å². The van der Waals surface area contributed by atoms with Crippen molar-refractivity contribution in [3.63, 3.8) is 0 Å². The average Bonchev–Trinajstić information content (AvgIpc) is 3.92. The number of nitrogens with zero attached hydrogens (tertiary/aromatic N) is 2. The van der Waals surface area contributed by atoms with E-state index in [-0.39, 0.29) is 29.6 Å². The number of aryl methyl sites for hydroxylation is 1. The molecular weight excluding hydrogens is 618 g/mol. The van der Waals surface area contributed by atoms with E-state index in [0.29, 0.717) is 48.6 Å². The Hall–Kier alpha value is -4.41. The Morgan fingerprint density at radius 2 is 1.67 bits per heavy atom. The van der Waals surface area contributed by atoms with Gasteiger partial charge in [-0.1, -0.05) is 25.1 Å². The lowest BCUT2D eigenvalue weighted by Gasteiger charge is -2.26. The normalized spacial score (nSPS) is 15.3. The Bertz CT molecular complexity index is 1720. The maximum Gasteiger partial charge on any atom is 0.165 e. The van der Waals surface area contributed by atoms with Gasteiger partial charge in [0, 0.05) is 50.1 Å². The number of aromatic nitrogens is 1. The monoisotopic (exact) mass is 660 g/mol. The molecule has 2 aliphatic rings. The van der Waals surface area contributed by atoms with Crippen LogP contribution in [-0.4, -0.2) is 68.0 Å². The highest BCUT2D eigenvalue weighted by molar-refractivity contribution is 6.10. The van der Waals surface area contributed by atoms with Gasteiger partial charge in [0.15, 0.2) is 28.8 Å². The molecule has 0 unspecified atom stereocenters. The molecule has 1 aliphatic heterocycles. The molecule has 2 heterocycles. The Labute approximate surface area is 280 Å². The topological polar surface area (TPSA) is 87.2 Å². The van der Waals surface area contributed by atoms with Crippen molar-refractivity contribution in [2.45, 2.75) is 46.0 Å². The third-order valence-corrected chi connectivity index (χ3v) is 8.69. The van der Waals surface area contributed by atoms with Crippen molar-refractivity contribution >= 4 is 22.5 Å². The number of halogens is 2. The highest BCUT2D eigenvalue weighted by Crippen LogP contribution is 2.48. The fourth-order valence-corrected chi connectivity index (χ4v) is 5.73. The zero-order chi connectivity index (χ0) is 34.1. The smallest absolute Gasteiger partial charge is 0.165 e. The Kier molecular flexibility index (Phi) is 11.7. The Morgan fingerprint density at radius 1 is 0.917 bits per heavy atom. The maximum absolute atomic E-state index is 14.3. The summed E-state index contributed by atoms with van der Waals surface area (Å²) in [5, 5.41) is 0.722. The molecule has 0 amide bonds. The van der Waals surface area contributed by atoms with Gasteiger partial charge in [0.05, 0.1) is 37.9 Å². The number of methoxy groups -OCH3 is 1. The van der Waals surface area contributed by atoms with Crippen LogP contribution in [0, 0.1) is 24.0 Å². The minimum atomic E-state index is -0.705. The van der Waals surface area contributed by atoms with Crippen LogP contribution in [0.2, 0.25) is 0 Å². The summed E-state index contributed by atoms with van der Waals surface area (Å²) in [5.41, 5.74) is 1.59. The SMILES string of the molecule is CCC(=O)C1(C(=O)Cc2ccc(F)cc2)CC1.COc1cc2c(Oc3ccc(C)cc3F)ccnc2cc1OCCCN1CCOCC1. The average molecular weight is 661 g/mol. The molecule has 2 fully saturated rings. The number of carbonyl (C=O) groups excluding carboxylic acids is 2. The first-order chi connectivity index (χ1) is 23.2. The van der Waals surface area contributed by atoms with Gasteiger partial charge < -0.3 is 18.9 Å². The third kappa shape index (κ3) is 8.73. The molecule has 1 saturated heterocycles. The standard InChI is InChI=1S/C24H27FN2O4.C14H15FO2/c1-17-4-5-22(19(25)14-17)31-21-6-7-26-20-16-24(23(28-2)15-18(20)21)30-11-3-8-27-9-12-29-13-10-27;1-2-12(16)14(7-8-14)13(17)9-10-3-5-11(15)6-4-10/h4-7,14-16H,3,8-13H2,1-2H3;3-6H,2,7-9H2,1H3. The van der Waals surface area contributed by atoms with E-state index < -0.39 is 11.2 Å². The van der Waals surface area contributed by atoms with Crippen molar-refractivity contribution in [2.24, 2.45) is 5.41 Å². The van der Waals surface area contributed by atoms with Crippen LogP contribution in [0.4, 0.5) is 8.78 Å². The number of morpholine rings is 1. The van der Waals surface area contributed by atoms with Crippen LogP contribution in [0.3, 0.4) is 0 Å². The van der Waals surface area contributed by atoms with Crippen molar-refractivity contribution in [1.82, 2.24) is 9.88 Å². The van der Waals surface area contributed by atoms with Crippen LogP contribution in [0.1, 0.15) is 43.7 Å². The largest absolute Gasteiger partial charge is 0.493 e. The highest BCUT2D eigenvalue weighted by atomic mass is 19.1. The molecule has 1 saturated carbocycles. The molecule has 0 radical (unpaired) electrons. The minimum absolute atomic E-state index is 0.0176. The van der Waals surface area contributed by atoms with Crippen molar-refractivity contribution in [1.29, 1.82) is 0 Å². The maximum atomic E-state index is 14.3. The number of hydrogen-bond donors (Lipinski definition) is 0. The number of ether oxygens (including phenoxy) is 4. The van der Waals surface area contributed by atoms with Gasteiger partial charge in [-0.05, 0) is 73.7 Å². The molecule has 0 bridgehead atoms. The molecule has 0 N–H and O–H groups in total. The fraction of sp³-hybridized carbons (Fsp3) is 0.395. The van der Waals surface area contributed by atoms with Gasteiger partial charge in [-0.25, -0.2) is 8.78 Å². The molecule has 1 aromatic heterocycles. The van der Waals surface area contributed by atoms with Crippen LogP contribution in [0.15, 0.2) is 66.9 Å². The molecule has 48 heavy (non-hydrogen) atoms. The van der Waals surface area contributed by atoms with E-state index >= 15 is 0 Å². The number of benzene rings is 3. The summed E-state index contributed by atoms with van der Waals surface area (Å²) in [4.78, 5) is 30.6. The van der Waals surface area contributed by atoms with E-state index in [1.807, 2.05) is 25.1 Å². The first-order valence-electron chi connectivity index (χ1n) is 16.4. The molecule has 1 aliphatic carbocycles. The lowest BCUT2D eigenvalue weighted by atomic mass is 9.90. The van der Waals surface area contributed by atoms with E-state index in [9.17, 15) is 18.4 Å². The van der Waals surface area contributed by atoms with E-state index in [1.54, 1.807) is 44.5 Å². The number of hydrogen-bond acceptors (Lipinski definition) is 8. The van der Waals surface area contributed by atoms with Crippen molar-refractivity contribution in [3.05, 3.63) is 89.6 Å². The van der Waals surface area contributed by atoms with Gasteiger partial charge in [0.25, 0.3) is 0 Å². The van der Waals surface area contributed by atoms with E-state index in [2.05, 4.69) is 9.88 Å². The first-order valence-corrected chi connectivity index (χ1v) is 16.4. The van der Waals surface area contributed by atoms with Crippen LogP contribution in [0.5, 0.6) is 23.0 Å². The Morgan fingerprint density at radius 3 is 2.33 bits per heavy atom. The molecule has 254 valence electrons. The van der Waals surface area contributed by atoms with Crippen LogP contribution in [-0.2, 0) is 20.7 Å². The number of rotatable bonds is 13. The van der Waals surface area contributed by atoms with Crippen molar-refractivity contribution in [3.8, 4) is 23.0 Å². The molecule has 4 aromatic rings. The second-order valence-corrected chi connectivity index (χ2v) is 12.1. The number of carbonyl (C=O) groups is 2. The van der Waals surface area contributed by atoms with E-state index in [1.165, 1.54) is 18.2 Å². The molecule has 6 rings (SSSR count). The van der Waals surface area contributed by atoms with E-state index in [4.69, 9.17) is 18.9 Å². The molecule has 8 nitrogen and oxygen atoms in total. The minimum Gasteiger partial charge on any atom is -0.493 e. The molecule has 0 atom stereocenters. The van der Waals surface area contributed by atoms with Crippen molar-refractivity contribution in [2.75, 3.05) is 46.6 Å². The quantitative estimate of drug-likeness (QED) is 0.109. The zero-order valence-corrected chi connectivity index (χ0v) is 27.7. The van der Waals surface area contributed by atoms with Gasteiger partial charge in [0.2, 0.25) is 0 Å². The number of Topliss-reactive ketones (excluding diaryl/α,β-unsaturated/α-hetero) is 2. The van der Waals surface area contributed by atoms with Gasteiger partial charge in [-0.2, -0.15) is 0 Å². The predicted molar refractivity (Wildman–Crippen MR) is 179 cm³/mol. The highest BCUT2D eigenvalue weighted by Gasteiger charge is 2.54. The number of fused-ring (bicyclic) bond motifs is 1. The molecule has 10 heteroatoms. The van der Waals surface area contributed by atoms with Crippen LogP contribution < -0.4 is 14.2 Å². The molecular formula is C38H42F2N2O6. The van der Waals surface area contributed by atoms with Gasteiger partial charge in [-0.15, -0.1) is 0 Å². The summed E-state index contributed by atoms with van der Waals surface area (Å²) in [6, 6.07) is 16.1. The summed E-state index contributed by atoms with van der Waals surface area (Å²) >= 11 is 0. The first kappa shape index (κ1) is 34.9. The summed E-state index contributed by atoms with van der Waals surface area (Å²) < 4.78 is 49.7. The van der Waals surface area contributed by atoms with Gasteiger partial charge in [0.1, 0.15) is 17.3 Å². The molecule has 0 spiro atoms. The second-order valence-electron chi connectivity index (χ2n) is 12.1. The van der Waals surface area contributed by atoms with E-state index in [0.717, 1.165) is 55.8 Å². The third-order valence-electron chi connectivity index (χ3n) is 8.69. The predicted octanol–water partition coefficient (Wildman–Crippen LogP) is 7.28. The van der Waals surface area contributed by atoms with Gasteiger partial charge >= 0.3 is 0 Å². The number of pyridine rings is 1. The summed E-state index contributed by atoms with van der Waals surface area (Å²) in [6.45, 7) is 8.68. The summed E-state index contributed by atoms with van der Waals surface area (Å²) in [7, 11) is 1.60. The second kappa shape index (κ2) is 16.1. The lowest BCUT2D eigenvalue weighted by molar-refractivity contribution is -0.134. The van der Waals surface area contributed by atoms with Gasteiger partial charge in [-0.3, -0.25) is 19.5 Å². The zero-order valence-electron chi connectivity index (χ0n) is 27.7. The lowest BCUT2D eigenvalue weighted by Crippen LogP contribution is -2.37. The summed E-state index contributed by atoms with van der Waals surface area (Å²) in [5.74, 6) is 1.19. The van der Waals surface area contributed by atoms with Crippen molar-refractivity contribution < 1.29 is 37.3 Å². The fourth-order valence-electron chi connectivity index (χ4n) is 5.73. The Balaban J connectivity index is 0.000000224.